The number of para-hydroxylation sites is 1. The molecule has 26 heavy (non-hydrogen) atoms. The molecule has 2 aromatic rings. The molecule has 2 aliphatic heterocycles. The fraction of sp³-hybridized carbons (Fsp3) is 0.400. The van der Waals surface area contributed by atoms with Gasteiger partial charge in [0, 0.05) is 0 Å². The average molecular weight is 581 g/mol. The topological polar surface area (TPSA) is 21.7 Å². The van der Waals surface area contributed by atoms with E-state index in [1.165, 1.54) is 16.4 Å². The van der Waals surface area contributed by atoms with Gasteiger partial charge in [-0.15, -0.1) is 0 Å². The zero-order chi connectivity index (χ0) is 18.5. The van der Waals surface area contributed by atoms with Crippen LogP contribution in [0.15, 0.2) is 42.5 Å². The molecule has 0 spiro atoms. The van der Waals surface area contributed by atoms with Crippen molar-refractivity contribution in [2.45, 2.75) is 35.4 Å². The Morgan fingerprint density at radius 3 is 2.81 bits per heavy atom. The number of hydrogen-bond acceptors (Lipinski definition) is 3. The summed E-state index contributed by atoms with van der Waals surface area (Å²) >= 11 is -2.75. The van der Waals surface area contributed by atoms with E-state index in [4.69, 9.17) is 17.8 Å². The van der Waals surface area contributed by atoms with Crippen molar-refractivity contribution < 1.29 is 9.47 Å². The van der Waals surface area contributed by atoms with Gasteiger partial charge in [-0.2, -0.15) is 0 Å². The van der Waals surface area contributed by atoms with Crippen LogP contribution in [0.5, 0.6) is 11.5 Å². The molecule has 0 aromatic heterocycles. The molecule has 2 unspecified atom stereocenters. The van der Waals surface area contributed by atoms with Gasteiger partial charge in [-0.25, -0.2) is 0 Å². The molecular formula is C20H24ClNO2PTl. The van der Waals surface area contributed by atoms with Crippen LogP contribution in [0.25, 0.3) is 0 Å². The normalized spacial score (nSPS) is 27.7. The molecule has 0 aliphatic carbocycles. The molecule has 0 fully saturated rings. The van der Waals surface area contributed by atoms with Crippen molar-refractivity contribution in [3.63, 3.8) is 0 Å². The number of hydrogen-bond donors (Lipinski definition) is 0. The van der Waals surface area contributed by atoms with Crippen molar-refractivity contribution in [3.8, 4) is 11.5 Å². The quantitative estimate of drug-likeness (QED) is 0.384. The minimum atomic E-state index is -2.75. The van der Waals surface area contributed by atoms with Crippen LogP contribution in [0.2, 0.25) is 0 Å². The van der Waals surface area contributed by atoms with Gasteiger partial charge in [0.05, 0.1) is 0 Å². The van der Waals surface area contributed by atoms with Gasteiger partial charge in [0.2, 0.25) is 0 Å². The van der Waals surface area contributed by atoms with E-state index in [-0.39, 0.29) is 8.56 Å². The number of fused-ring (bicyclic) bond motifs is 4. The first-order valence-corrected chi connectivity index (χ1v) is 20.6. The maximum atomic E-state index is 7.18. The predicted octanol–water partition coefficient (Wildman–Crippen LogP) is 4.56. The summed E-state index contributed by atoms with van der Waals surface area (Å²) in [5.74, 6) is 1.75. The standard InChI is InChI=1S/C20H24NO2P.ClH.Tl/c1-5-20(2)16-10-8-11-17(22-4)19(16)23-14-24(20)18-12-7-6-9-15(18)13-21-3;;/h6-12,14H,5,13H2,1-4H3;1H;/q-1;;+2/p-1. The maximum absolute atomic E-state index is 7.18. The Bertz CT molecular complexity index is 835. The molecule has 0 saturated carbocycles. The van der Waals surface area contributed by atoms with Gasteiger partial charge in [-0.05, 0) is 0 Å². The van der Waals surface area contributed by atoms with Crippen LogP contribution in [0.1, 0.15) is 31.4 Å². The van der Waals surface area contributed by atoms with Gasteiger partial charge in [-0.1, -0.05) is 0 Å². The van der Waals surface area contributed by atoms with Crippen LogP contribution in [0, 0.1) is 0 Å². The summed E-state index contributed by atoms with van der Waals surface area (Å²) in [4.78, 5) is 0. The molecule has 6 heteroatoms. The SMILES string of the molecule is CCC1(C)c2cccc(OC)c2O[C@H]2P1c1ccccc1C[N](C)[Tl]2[Cl]. The van der Waals surface area contributed by atoms with Crippen LogP contribution in [-0.4, -0.2) is 42.0 Å². The summed E-state index contributed by atoms with van der Waals surface area (Å²) < 4.78 is 14.9. The number of methoxy groups -OCH3 is 1. The Balaban J connectivity index is 1.99. The number of halogens is 1. The Labute approximate surface area is 169 Å². The first-order valence-electron chi connectivity index (χ1n) is 9.07. The fourth-order valence-corrected chi connectivity index (χ4v) is 26.2. The van der Waals surface area contributed by atoms with Crippen molar-refractivity contribution in [3.05, 3.63) is 53.6 Å². The van der Waals surface area contributed by atoms with Crippen molar-refractivity contribution in [1.82, 2.24) is 2.71 Å². The van der Waals surface area contributed by atoms with E-state index in [0.29, 0.717) is 0 Å². The van der Waals surface area contributed by atoms with Crippen LogP contribution in [0.3, 0.4) is 0 Å². The Kier molecular flexibility index (Phi) is 5.28. The first kappa shape index (κ1) is 19.0. The number of ether oxygens (including phenoxy) is 2. The third-order valence-corrected chi connectivity index (χ3v) is 27.8. The molecule has 0 radical (unpaired) electrons. The Hall–Kier alpha value is -0.358. The number of rotatable bonds is 2. The van der Waals surface area contributed by atoms with Gasteiger partial charge < -0.3 is 0 Å². The van der Waals surface area contributed by atoms with Crippen molar-refractivity contribution in [2.24, 2.45) is 0 Å². The molecule has 0 N–H and O–H groups in total. The molecule has 0 bridgehead atoms. The first-order chi connectivity index (χ1) is 12.5. The zero-order valence-electron chi connectivity index (χ0n) is 15.7. The van der Waals surface area contributed by atoms with E-state index in [1.807, 2.05) is 6.07 Å². The van der Waals surface area contributed by atoms with Crippen LogP contribution in [-0.2, 0) is 11.7 Å². The molecule has 3 atom stereocenters. The summed E-state index contributed by atoms with van der Waals surface area (Å²) in [5, 5.41) is 1.51. The zero-order valence-corrected chi connectivity index (χ0v) is 21.8. The Morgan fingerprint density at radius 2 is 2.08 bits per heavy atom. The molecule has 0 amide bonds. The summed E-state index contributed by atoms with van der Waals surface area (Å²) in [7, 11) is 10.5. The third-order valence-electron chi connectivity index (χ3n) is 5.82. The van der Waals surface area contributed by atoms with Gasteiger partial charge in [0.15, 0.2) is 0 Å². The van der Waals surface area contributed by atoms with E-state index in [9.17, 15) is 0 Å². The minimum absolute atomic E-state index is 0.0382. The van der Waals surface area contributed by atoms with Gasteiger partial charge in [-0.3, -0.25) is 0 Å². The van der Waals surface area contributed by atoms with E-state index in [2.05, 4.69) is 60.0 Å². The van der Waals surface area contributed by atoms with E-state index in [1.54, 1.807) is 7.11 Å². The second-order valence-electron chi connectivity index (χ2n) is 7.26. The van der Waals surface area contributed by atoms with E-state index < -0.39 is 29.7 Å². The summed E-state index contributed by atoms with van der Waals surface area (Å²) in [5.41, 5.74) is 2.70. The predicted molar refractivity (Wildman–Crippen MR) is 111 cm³/mol. The molecular weight excluding hydrogens is 557 g/mol. The average Bonchev–Trinajstić information content (AvgIpc) is 2.77. The van der Waals surface area contributed by atoms with Gasteiger partial charge >= 0.3 is 170 Å². The molecule has 2 heterocycles. The fourth-order valence-electron chi connectivity index (χ4n) is 4.20. The summed E-state index contributed by atoms with van der Waals surface area (Å²) in [6.45, 7) is 5.65. The molecule has 0 saturated heterocycles. The second-order valence-corrected chi connectivity index (χ2v) is 24.8. The summed E-state index contributed by atoms with van der Waals surface area (Å²) in [6, 6.07) is 15.2. The second kappa shape index (κ2) is 7.23. The van der Waals surface area contributed by atoms with E-state index >= 15 is 0 Å². The van der Waals surface area contributed by atoms with Gasteiger partial charge in [0.25, 0.3) is 0 Å². The van der Waals surface area contributed by atoms with Crippen LogP contribution < -0.4 is 14.8 Å². The third kappa shape index (κ3) is 2.81. The molecule has 2 aliphatic rings. The van der Waals surface area contributed by atoms with Crippen molar-refractivity contribution >= 4 is 43.3 Å². The van der Waals surface area contributed by atoms with Crippen LogP contribution in [0.4, 0.5) is 0 Å². The monoisotopic (exact) mass is 581 g/mol. The van der Waals surface area contributed by atoms with Crippen molar-refractivity contribution in [2.75, 3.05) is 14.2 Å². The molecule has 136 valence electrons. The van der Waals surface area contributed by atoms with Gasteiger partial charge in [0.1, 0.15) is 0 Å². The van der Waals surface area contributed by atoms with Crippen LogP contribution >= 0.6 is 16.2 Å². The molecule has 3 nitrogen and oxygen atoms in total. The number of nitrogens with zero attached hydrogens (tertiary/aromatic N) is 1. The van der Waals surface area contributed by atoms with E-state index in [0.717, 1.165) is 24.5 Å². The summed E-state index contributed by atoms with van der Waals surface area (Å²) in [6.07, 6.45) is 1.06. The van der Waals surface area contributed by atoms with Crippen molar-refractivity contribution in [1.29, 1.82) is 0 Å². The molecule has 4 rings (SSSR count). The Morgan fingerprint density at radius 1 is 1.31 bits per heavy atom. The number of benzene rings is 2. The molecule has 2 aromatic carbocycles.